The Morgan fingerprint density at radius 1 is 1.40 bits per heavy atom. The molecule has 1 unspecified atom stereocenters. The van der Waals surface area contributed by atoms with Crippen molar-refractivity contribution in [3.63, 3.8) is 0 Å². The summed E-state index contributed by atoms with van der Waals surface area (Å²) in [5, 5.41) is 0. The second-order valence-electron chi connectivity index (χ2n) is 1.93. The van der Waals surface area contributed by atoms with Gasteiger partial charge in [0.2, 0.25) is 0 Å². The quantitative estimate of drug-likeness (QED) is 0.364. The molecule has 3 radical (unpaired) electrons. The fourth-order valence-corrected chi connectivity index (χ4v) is 1.01. The van der Waals surface area contributed by atoms with Gasteiger partial charge in [-0.25, -0.2) is 0 Å². The first-order chi connectivity index (χ1) is 4.31. The SMILES string of the molecule is CCCCO[PH](=O)CC.[Al]. The first kappa shape index (κ1) is 13.3. The van der Waals surface area contributed by atoms with Crippen LogP contribution in [-0.4, -0.2) is 30.1 Å². The zero-order valence-electron chi connectivity index (χ0n) is 6.72. The molecule has 0 aliphatic heterocycles. The van der Waals surface area contributed by atoms with E-state index < -0.39 is 8.03 Å². The number of unbranched alkanes of at least 4 members (excludes halogenated alkanes) is 1. The van der Waals surface area contributed by atoms with Gasteiger partial charge in [-0.1, -0.05) is 20.3 Å². The monoisotopic (exact) mass is 177 g/mol. The Balaban J connectivity index is 0. The van der Waals surface area contributed by atoms with Crippen LogP contribution >= 0.6 is 8.03 Å². The molecular weight excluding hydrogens is 162 g/mol. The highest BCUT2D eigenvalue weighted by molar-refractivity contribution is 7.39. The topological polar surface area (TPSA) is 26.3 Å². The van der Waals surface area contributed by atoms with Crippen LogP contribution in [0.1, 0.15) is 26.7 Å². The van der Waals surface area contributed by atoms with Gasteiger partial charge < -0.3 is 4.52 Å². The lowest BCUT2D eigenvalue weighted by Crippen LogP contribution is -1.85. The van der Waals surface area contributed by atoms with E-state index in [1.165, 1.54) is 0 Å². The zero-order chi connectivity index (χ0) is 7.11. The Hall–Kier alpha value is 0.722. The molecule has 0 aromatic heterocycles. The summed E-state index contributed by atoms with van der Waals surface area (Å²) < 4.78 is 15.6. The molecule has 0 heterocycles. The molecule has 0 fully saturated rings. The molecule has 2 nitrogen and oxygen atoms in total. The van der Waals surface area contributed by atoms with E-state index in [0.29, 0.717) is 12.8 Å². The molecule has 0 bridgehead atoms. The Kier molecular flexibility index (Phi) is 13.0. The highest BCUT2D eigenvalue weighted by Crippen LogP contribution is 2.20. The van der Waals surface area contributed by atoms with Crippen molar-refractivity contribution >= 4 is 25.4 Å². The van der Waals surface area contributed by atoms with E-state index in [4.69, 9.17) is 4.52 Å². The zero-order valence-corrected chi connectivity index (χ0v) is 8.88. The highest BCUT2D eigenvalue weighted by atomic mass is 31.1. The molecule has 0 aliphatic rings. The van der Waals surface area contributed by atoms with Gasteiger partial charge >= 0.3 is 0 Å². The fourth-order valence-electron chi connectivity index (χ4n) is 0.432. The fraction of sp³-hybridized carbons (Fsp3) is 1.00. The van der Waals surface area contributed by atoms with E-state index in [-0.39, 0.29) is 17.4 Å². The maximum Gasteiger partial charge on any atom is 0.191 e. The molecule has 1 atom stereocenters. The van der Waals surface area contributed by atoms with E-state index in [1.807, 2.05) is 6.92 Å². The minimum Gasteiger partial charge on any atom is -0.330 e. The molecule has 4 heteroatoms. The van der Waals surface area contributed by atoms with Gasteiger partial charge in [-0.05, 0) is 6.42 Å². The standard InChI is InChI=1S/C6H15O2P.Al/c1-3-5-6-8-9(7)4-2;/h9H,3-6H2,1-2H3;. The van der Waals surface area contributed by atoms with Crippen molar-refractivity contribution in [2.75, 3.05) is 12.8 Å². The van der Waals surface area contributed by atoms with E-state index in [1.54, 1.807) is 0 Å². The normalized spacial score (nSPS) is 12.2. The second-order valence-corrected chi connectivity index (χ2v) is 3.67. The van der Waals surface area contributed by atoms with Gasteiger partial charge in [-0.15, -0.1) is 0 Å². The molecule has 0 saturated carbocycles. The molecule has 59 valence electrons. The number of rotatable bonds is 5. The molecule has 0 aromatic carbocycles. The van der Waals surface area contributed by atoms with Gasteiger partial charge in [-0.2, -0.15) is 0 Å². The van der Waals surface area contributed by atoms with Crippen LogP contribution < -0.4 is 0 Å². The predicted octanol–water partition coefficient (Wildman–Crippen LogP) is 1.92. The van der Waals surface area contributed by atoms with Gasteiger partial charge in [0.05, 0.1) is 6.61 Å². The predicted molar refractivity (Wildman–Crippen MR) is 46.2 cm³/mol. The average molecular weight is 177 g/mol. The van der Waals surface area contributed by atoms with Crippen LogP contribution in [0.5, 0.6) is 0 Å². The van der Waals surface area contributed by atoms with Crippen LogP contribution in [-0.2, 0) is 9.09 Å². The van der Waals surface area contributed by atoms with Crippen molar-refractivity contribution in [1.29, 1.82) is 0 Å². The first-order valence-corrected chi connectivity index (χ1v) is 4.99. The van der Waals surface area contributed by atoms with Crippen LogP contribution in [0.3, 0.4) is 0 Å². The maximum absolute atomic E-state index is 10.6. The maximum atomic E-state index is 10.6. The van der Waals surface area contributed by atoms with Crippen molar-refractivity contribution in [2.24, 2.45) is 0 Å². The highest BCUT2D eigenvalue weighted by Gasteiger charge is 1.92. The van der Waals surface area contributed by atoms with E-state index in [2.05, 4.69) is 6.92 Å². The summed E-state index contributed by atoms with van der Waals surface area (Å²) in [5.74, 6) is 0. The molecular formula is C6H15AlO2P. The van der Waals surface area contributed by atoms with E-state index in [0.717, 1.165) is 12.8 Å². The largest absolute Gasteiger partial charge is 0.330 e. The Morgan fingerprint density at radius 3 is 2.40 bits per heavy atom. The summed E-state index contributed by atoms with van der Waals surface area (Å²) in [6.45, 7) is 4.64. The Bertz CT molecular complexity index is 87.8. The van der Waals surface area contributed by atoms with Crippen LogP contribution in [0.4, 0.5) is 0 Å². The number of hydrogen-bond donors (Lipinski definition) is 0. The van der Waals surface area contributed by atoms with Crippen LogP contribution in [0.2, 0.25) is 0 Å². The summed E-state index contributed by atoms with van der Waals surface area (Å²) >= 11 is 0. The lowest BCUT2D eigenvalue weighted by atomic mass is 10.4. The van der Waals surface area contributed by atoms with Gasteiger partial charge in [0.25, 0.3) is 0 Å². The third-order valence-corrected chi connectivity index (χ3v) is 2.15. The van der Waals surface area contributed by atoms with Gasteiger partial charge in [0, 0.05) is 23.5 Å². The summed E-state index contributed by atoms with van der Waals surface area (Å²) in [7, 11) is -1.65. The van der Waals surface area contributed by atoms with Crippen LogP contribution in [0.25, 0.3) is 0 Å². The van der Waals surface area contributed by atoms with Crippen molar-refractivity contribution in [1.82, 2.24) is 0 Å². The third-order valence-electron chi connectivity index (χ3n) is 1.05. The minimum absolute atomic E-state index is 0. The minimum atomic E-state index is -1.65. The van der Waals surface area contributed by atoms with Crippen LogP contribution in [0, 0.1) is 0 Å². The molecule has 0 amide bonds. The molecule has 0 N–H and O–H groups in total. The molecule has 0 saturated heterocycles. The molecule has 10 heavy (non-hydrogen) atoms. The van der Waals surface area contributed by atoms with Crippen LogP contribution in [0.15, 0.2) is 0 Å². The van der Waals surface area contributed by atoms with Crippen molar-refractivity contribution in [3.05, 3.63) is 0 Å². The molecule has 0 aromatic rings. The summed E-state index contributed by atoms with van der Waals surface area (Å²) in [5.41, 5.74) is 0. The summed E-state index contributed by atoms with van der Waals surface area (Å²) in [6, 6.07) is 0. The Morgan fingerprint density at radius 2 is 2.00 bits per heavy atom. The average Bonchev–Trinajstić information content (AvgIpc) is 1.89. The van der Waals surface area contributed by atoms with Crippen molar-refractivity contribution in [3.8, 4) is 0 Å². The summed E-state index contributed by atoms with van der Waals surface area (Å²) in [4.78, 5) is 0. The van der Waals surface area contributed by atoms with Gasteiger partial charge in [0.1, 0.15) is 0 Å². The molecule has 0 rings (SSSR count). The molecule has 0 aliphatic carbocycles. The van der Waals surface area contributed by atoms with Crippen molar-refractivity contribution in [2.45, 2.75) is 26.7 Å². The lowest BCUT2D eigenvalue weighted by molar-refractivity contribution is 0.321. The lowest BCUT2D eigenvalue weighted by Gasteiger charge is -1.98. The first-order valence-electron chi connectivity index (χ1n) is 3.46. The molecule has 0 spiro atoms. The third kappa shape index (κ3) is 8.72. The second kappa shape index (κ2) is 9.72. The van der Waals surface area contributed by atoms with Gasteiger partial charge in [-0.3, -0.25) is 4.57 Å². The smallest absolute Gasteiger partial charge is 0.191 e. The summed E-state index contributed by atoms with van der Waals surface area (Å²) in [6.07, 6.45) is 2.81. The van der Waals surface area contributed by atoms with Gasteiger partial charge in [0.15, 0.2) is 8.03 Å². The Labute approximate surface area is 74.3 Å². The van der Waals surface area contributed by atoms with E-state index in [9.17, 15) is 4.57 Å². The van der Waals surface area contributed by atoms with E-state index >= 15 is 0 Å². The number of hydrogen-bond acceptors (Lipinski definition) is 2. The van der Waals surface area contributed by atoms with Crippen molar-refractivity contribution < 1.29 is 9.09 Å².